The molecule has 2 aromatic rings. The summed E-state index contributed by atoms with van der Waals surface area (Å²) in [7, 11) is 0. The molecule has 0 heterocycles. The van der Waals surface area contributed by atoms with Gasteiger partial charge in [0.05, 0.1) is 0 Å². The Kier molecular flexibility index (Phi) is 2.71. The minimum absolute atomic E-state index is 0.277. The highest BCUT2D eigenvalue weighted by Gasteiger charge is 2.60. The summed E-state index contributed by atoms with van der Waals surface area (Å²) in [6.45, 7) is 11.4. The molecule has 2 aromatic carbocycles. The monoisotopic (exact) mass is 262 g/mol. The van der Waals surface area contributed by atoms with Crippen molar-refractivity contribution in [2.45, 2.75) is 34.6 Å². The van der Waals surface area contributed by atoms with Crippen LogP contribution >= 0.6 is 0 Å². The third kappa shape index (κ3) is 1.76. The van der Waals surface area contributed by atoms with Crippen molar-refractivity contribution in [2.75, 3.05) is 0 Å². The van der Waals surface area contributed by atoms with Crippen LogP contribution in [0.15, 0.2) is 53.8 Å². The Morgan fingerprint density at radius 3 is 2.10 bits per heavy atom. The van der Waals surface area contributed by atoms with Gasteiger partial charge < -0.3 is 0 Å². The Morgan fingerprint density at radius 2 is 1.45 bits per heavy atom. The molecular weight excluding hydrogens is 240 g/mol. The lowest BCUT2D eigenvalue weighted by atomic mass is 9.99. The van der Waals surface area contributed by atoms with Crippen molar-refractivity contribution in [3.63, 3.8) is 0 Å². The van der Waals surface area contributed by atoms with Crippen molar-refractivity contribution >= 4 is 16.3 Å². The van der Waals surface area contributed by atoms with Crippen LogP contribution in [0.4, 0.5) is 0 Å². The van der Waals surface area contributed by atoms with Crippen molar-refractivity contribution in [2.24, 2.45) is 10.8 Å². The van der Waals surface area contributed by atoms with Gasteiger partial charge in [0.25, 0.3) is 0 Å². The zero-order valence-electron chi connectivity index (χ0n) is 13.0. The van der Waals surface area contributed by atoms with Crippen LogP contribution in [0.5, 0.6) is 0 Å². The van der Waals surface area contributed by atoms with Gasteiger partial charge >= 0.3 is 0 Å². The molecule has 0 spiro atoms. The molecule has 0 aromatic heterocycles. The van der Waals surface area contributed by atoms with Crippen molar-refractivity contribution in [3.05, 3.63) is 59.3 Å². The fourth-order valence-corrected chi connectivity index (χ4v) is 3.15. The summed E-state index contributed by atoms with van der Waals surface area (Å²) in [5, 5.41) is 2.61. The highest BCUT2D eigenvalue weighted by molar-refractivity contribution is 5.93. The summed E-state index contributed by atoms with van der Waals surface area (Å²) < 4.78 is 0. The van der Waals surface area contributed by atoms with Gasteiger partial charge in [0.2, 0.25) is 0 Å². The van der Waals surface area contributed by atoms with Crippen LogP contribution in [-0.2, 0) is 0 Å². The van der Waals surface area contributed by atoms with Crippen LogP contribution in [0.1, 0.15) is 40.2 Å². The zero-order valence-corrected chi connectivity index (χ0v) is 13.0. The standard InChI is InChI=1S/C20H22/c1-14(13-18-19(2,3)20(18,4)5)16-12-8-10-15-9-6-7-11-17(15)16/h6-12H,1-5H3. The molecule has 1 fully saturated rings. The first-order valence-electron chi connectivity index (χ1n) is 7.32. The Balaban J connectivity index is 2.21. The number of allylic oxidation sites excluding steroid dienone is 1. The van der Waals surface area contributed by atoms with E-state index in [9.17, 15) is 0 Å². The molecule has 0 saturated heterocycles. The molecule has 0 unspecified atom stereocenters. The predicted octanol–water partition coefficient (Wildman–Crippen LogP) is 5.83. The normalized spacial score (nSPS) is 18.8. The summed E-state index contributed by atoms with van der Waals surface area (Å²) in [4.78, 5) is 0. The molecule has 0 amide bonds. The SMILES string of the molecule is CC(=C=C1C(C)(C)C1(C)C)c1cccc2ccccc12. The second-order valence-electron chi connectivity index (χ2n) is 6.90. The number of hydrogen-bond donors (Lipinski definition) is 0. The van der Waals surface area contributed by atoms with Crippen LogP contribution in [0.3, 0.4) is 0 Å². The van der Waals surface area contributed by atoms with Crippen LogP contribution in [0, 0.1) is 10.8 Å². The third-order valence-corrected chi connectivity index (χ3v) is 5.26. The van der Waals surface area contributed by atoms with E-state index in [4.69, 9.17) is 0 Å². The lowest BCUT2D eigenvalue weighted by Crippen LogP contribution is -1.95. The fourth-order valence-electron chi connectivity index (χ4n) is 3.15. The first-order valence-corrected chi connectivity index (χ1v) is 7.32. The van der Waals surface area contributed by atoms with Crippen molar-refractivity contribution in [1.82, 2.24) is 0 Å². The number of hydrogen-bond acceptors (Lipinski definition) is 0. The van der Waals surface area contributed by atoms with Gasteiger partial charge in [-0.2, -0.15) is 0 Å². The molecule has 102 valence electrons. The molecule has 0 bridgehead atoms. The summed E-state index contributed by atoms with van der Waals surface area (Å²) in [5.74, 6) is 0. The Morgan fingerprint density at radius 1 is 0.850 bits per heavy atom. The van der Waals surface area contributed by atoms with Gasteiger partial charge in [-0.1, -0.05) is 70.2 Å². The van der Waals surface area contributed by atoms with Gasteiger partial charge in [0.1, 0.15) is 0 Å². The lowest BCUT2D eigenvalue weighted by Gasteiger charge is -2.04. The largest absolute Gasteiger partial charge is 0.117 e. The minimum atomic E-state index is 0.277. The molecule has 0 radical (unpaired) electrons. The zero-order chi connectivity index (χ0) is 14.5. The van der Waals surface area contributed by atoms with Crippen LogP contribution in [-0.4, -0.2) is 0 Å². The van der Waals surface area contributed by atoms with E-state index >= 15 is 0 Å². The molecule has 1 aliphatic rings. The average Bonchev–Trinajstić information content (AvgIpc) is 2.80. The van der Waals surface area contributed by atoms with Gasteiger partial charge in [-0.05, 0) is 34.4 Å². The molecule has 0 aliphatic heterocycles. The van der Waals surface area contributed by atoms with Crippen LogP contribution in [0.25, 0.3) is 16.3 Å². The summed E-state index contributed by atoms with van der Waals surface area (Å²) >= 11 is 0. The maximum Gasteiger partial charge on any atom is 0.00316 e. The molecule has 3 rings (SSSR count). The second kappa shape index (κ2) is 4.11. The van der Waals surface area contributed by atoms with Crippen LogP contribution < -0.4 is 0 Å². The van der Waals surface area contributed by atoms with Gasteiger partial charge in [0, 0.05) is 10.8 Å². The molecular formula is C20H22. The van der Waals surface area contributed by atoms with E-state index in [0.29, 0.717) is 0 Å². The van der Waals surface area contributed by atoms with E-state index in [0.717, 1.165) is 0 Å². The third-order valence-electron chi connectivity index (χ3n) is 5.26. The minimum Gasteiger partial charge on any atom is -0.117 e. The van der Waals surface area contributed by atoms with E-state index in [1.54, 1.807) is 0 Å². The topological polar surface area (TPSA) is 0 Å². The number of benzene rings is 2. The predicted molar refractivity (Wildman–Crippen MR) is 87.6 cm³/mol. The Hall–Kier alpha value is -1.78. The summed E-state index contributed by atoms with van der Waals surface area (Å²) in [5.41, 5.74) is 8.22. The number of fused-ring (bicyclic) bond motifs is 1. The maximum atomic E-state index is 3.68. The van der Waals surface area contributed by atoms with E-state index in [1.165, 1.54) is 27.5 Å². The Labute approximate surface area is 121 Å². The van der Waals surface area contributed by atoms with Crippen molar-refractivity contribution < 1.29 is 0 Å². The van der Waals surface area contributed by atoms with E-state index in [-0.39, 0.29) is 10.8 Å². The van der Waals surface area contributed by atoms with Gasteiger partial charge in [-0.15, -0.1) is 5.73 Å². The molecule has 0 heteroatoms. The number of rotatable bonds is 1. The van der Waals surface area contributed by atoms with Crippen molar-refractivity contribution in [1.29, 1.82) is 0 Å². The smallest absolute Gasteiger partial charge is 0.00316 e. The Bertz CT molecular complexity index is 729. The van der Waals surface area contributed by atoms with Gasteiger partial charge in [-0.3, -0.25) is 0 Å². The first-order chi connectivity index (χ1) is 9.35. The quantitative estimate of drug-likeness (QED) is 0.567. The van der Waals surface area contributed by atoms with E-state index < -0.39 is 0 Å². The summed E-state index contributed by atoms with van der Waals surface area (Å²) in [6.07, 6.45) is 0. The van der Waals surface area contributed by atoms with Crippen molar-refractivity contribution in [3.8, 4) is 0 Å². The molecule has 1 saturated carbocycles. The first kappa shape index (κ1) is 13.2. The molecule has 1 aliphatic carbocycles. The van der Waals surface area contributed by atoms with E-state index in [1.807, 2.05) is 0 Å². The highest BCUT2D eigenvalue weighted by Crippen LogP contribution is 2.67. The molecule has 0 atom stereocenters. The van der Waals surface area contributed by atoms with Crippen LogP contribution in [0.2, 0.25) is 0 Å². The second-order valence-corrected chi connectivity index (χ2v) is 6.90. The molecule has 20 heavy (non-hydrogen) atoms. The fraction of sp³-hybridized carbons (Fsp3) is 0.350. The van der Waals surface area contributed by atoms with Gasteiger partial charge in [-0.25, -0.2) is 0 Å². The lowest BCUT2D eigenvalue weighted by molar-refractivity contribution is 0.457. The summed E-state index contributed by atoms with van der Waals surface area (Å²) in [6, 6.07) is 15.1. The molecule has 0 N–H and O–H groups in total. The highest BCUT2D eigenvalue weighted by atomic mass is 14.6. The molecule has 0 nitrogen and oxygen atoms in total. The van der Waals surface area contributed by atoms with Gasteiger partial charge in [0.15, 0.2) is 0 Å². The average molecular weight is 262 g/mol. The van der Waals surface area contributed by atoms with E-state index in [2.05, 4.69) is 82.8 Å². The maximum absolute atomic E-state index is 3.68.